The molecule has 1 N–H and O–H groups in total. The van der Waals surface area contributed by atoms with Crippen LogP contribution in [0.4, 0.5) is 5.69 Å². The van der Waals surface area contributed by atoms with E-state index in [-0.39, 0.29) is 5.91 Å². The van der Waals surface area contributed by atoms with Crippen LogP contribution in [0, 0.1) is 0 Å². The first kappa shape index (κ1) is 14.6. The molecule has 1 amide bonds. The SMILES string of the molecule is O=C(Nc1cc(Cl)ccc1-n1cncn1)c1cccc(Cl)c1. The Hall–Kier alpha value is -2.37. The average molecular weight is 333 g/mol. The fraction of sp³-hybridized carbons (Fsp3) is 0. The minimum atomic E-state index is -0.286. The highest BCUT2D eigenvalue weighted by Gasteiger charge is 2.12. The molecule has 1 aromatic heterocycles. The van der Waals surface area contributed by atoms with Gasteiger partial charge >= 0.3 is 0 Å². The second-order valence-corrected chi connectivity index (χ2v) is 5.34. The summed E-state index contributed by atoms with van der Waals surface area (Å²) in [5, 5.41) is 7.87. The zero-order valence-electron chi connectivity index (χ0n) is 11.2. The molecule has 0 aliphatic carbocycles. The van der Waals surface area contributed by atoms with E-state index in [2.05, 4.69) is 15.4 Å². The van der Waals surface area contributed by atoms with Crippen molar-refractivity contribution >= 4 is 34.8 Å². The first-order valence-corrected chi connectivity index (χ1v) is 7.10. The normalized spacial score (nSPS) is 10.5. The number of carbonyl (C=O) groups is 1. The largest absolute Gasteiger partial charge is 0.320 e. The third-order valence-corrected chi connectivity index (χ3v) is 3.43. The fourth-order valence-electron chi connectivity index (χ4n) is 1.96. The third-order valence-electron chi connectivity index (χ3n) is 2.96. The van der Waals surface area contributed by atoms with Gasteiger partial charge in [-0.1, -0.05) is 29.3 Å². The molecular formula is C15H10Cl2N4O. The lowest BCUT2D eigenvalue weighted by molar-refractivity contribution is 0.102. The Morgan fingerprint density at radius 1 is 1.09 bits per heavy atom. The smallest absolute Gasteiger partial charge is 0.255 e. The van der Waals surface area contributed by atoms with Crippen molar-refractivity contribution in [2.24, 2.45) is 0 Å². The van der Waals surface area contributed by atoms with Crippen molar-refractivity contribution in [3.05, 3.63) is 70.7 Å². The number of benzene rings is 2. The Morgan fingerprint density at radius 2 is 1.91 bits per heavy atom. The van der Waals surface area contributed by atoms with E-state index in [0.717, 1.165) is 0 Å². The van der Waals surface area contributed by atoms with Crippen molar-refractivity contribution in [3.63, 3.8) is 0 Å². The summed E-state index contributed by atoms with van der Waals surface area (Å²) in [4.78, 5) is 16.2. The number of hydrogen-bond acceptors (Lipinski definition) is 3. The van der Waals surface area contributed by atoms with Crippen LogP contribution in [0.2, 0.25) is 10.0 Å². The van der Waals surface area contributed by atoms with Gasteiger partial charge in [-0.2, -0.15) is 5.10 Å². The van der Waals surface area contributed by atoms with Crippen LogP contribution in [0.25, 0.3) is 5.69 Å². The second kappa shape index (κ2) is 6.17. The molecule has 0 unspecified atom stereocenters. The summed E-state index contributed by atoms with van der Waals surface area (Å²) in [5.74, 6) is -0.286. The number of nitrogens with one attached hydrogen (secondary N) is 1. The van der Waals surface area contributed by atoms with E-state index in [9.17, 15) is 4.79 Å². The lowest BCUT2D eigenvalue weighted by atomic mass is 10.2. The number of nitrogens with zero attached hydrogens (tertiary/aromatic N) is 3. The Balaban J connectivity index is 1.95. The number of halogens is 2. The molecule has 0 aliphatic heterocycles. The second-order valence-electron chi connectivity index (χ2n) is 4.47. The lowest BCUT2D eigenvalue weighted by Gasteiger charge is -2.11. The molecule has 0 aliphatic rings. The van der Waals surface area contributed by atoms with E-state index in [1.807, 2.05) is 0 Å². The van der Waals surface area contributed by atoms with Crippen molar-refractivity contribution in [3.8, 4) is 5.69 Å². The number of anilines is 1. The van der Waals surface area contributed by atoms with Crippen molar-refractivity contribution < 1.29 is 4.79 Å². The van der Waals surface area contributed by atoms with E-state index in [1.165, 1.54) is 12.7 Å². The van der Waals surface area contributed by atoms with Gasteiger partial charge < -0.3 is 5.32 Å². The summed E-state index contributed by atoms with van der Waals surface area (Å²) in [6.45, 7) is 0. The first-order chi connectivity index (χ1) is 10.6. The summed E-state index contributed by atoms with van der Waals surface area (Å²) in [6, 6.07) is 11.8. The molecule has 3 aromatic rings. The molecule has 0 spiro atoms. The number of carbonyl (C=O) groups excluding carboxylic acids is 1. The molecule has 110 valence electrons. The highest BCUT2D eigenvalue weighted by molar-refractivity contribution is 6.31. The van der Waals surface area contributed by atoms with Gasteiger partial charge in [0.1, 0.15) is 12.7 Å². The highest BCUT2D eigenvalue weighted by Crippen LogP contribution is 2.24. The van der Waals surface area contributed by atoms with Gasteiger partial charge in [-0.3, -0.25) is 4.79 Å². The standard InChI is InChI=1S/C15H10Cl2N4O/c16-11-3-1-2-10(6-11)15(22)20-13-7-12(17)4-5-14(13)21-9-18-8-19-21/h1-9H,(H,20,22). The molecule has 1 heterocycles. The molecule has 3 rings (SSSR count). The van der Waals surface area contributed by atoms with E-state index in [4.69, 9.17) is 23.2 Å². The molecule has 7 heteroatoms. The van der Waals surface area contributed by atoms with Crippen molar-refractivity contribution in [2.45, 2.75) is 0 Å². The van der Waals surface area contributed by atoms with Gasteiger partial charge in [0.25, 0.3) is 5.91 Å². The van der Waals surface area contributed by atoms with E-state index < -0.39 is 0 Å². The molecule has 22 heavy (non-hydrogen) atoms. The van der Waals surface area contributed by atoms with Crippen LogP contribution in [0.3, 0.4) is 0 Å². The van der Waals surface area contributed by atoms with Crippen LogP contribution in [0.5, 0.6) is 0 Å². The molecule has 0 bridgehead atoms. The van der Waals surface area contributed by atoms with Crippen LogP contribution in [-0.4, -0.2) is 20.7 Å². The number of amides is 1. The quantitative estimate of drug-likeness (QED) is 0.792. The molecule has 2 aromatic carbocycles. The van der Waals surface area contributed by atoms with Crippen molar-refractivity contribution in [1.82, 2.24) is 14.8 Å². The maximum absolute atomic E-state index is 12.3. The predicted molar refractivity (Wildman–Crippen MR) is 85.8 cm³/mol. The van der Waals surface area contributed by atoms with Crippen molar-refractivity contribution in [1.29, 1.82) is 0 Å². The van der Waals surface area contributed by atoms with E-state index >= 15 is 0 Å². The Bertz CT molecular complexity index is 818. The molecule has 0 fully saturated rings. The van der Waals surface area contributed by atoms with Gasteiger partial charge in [-0.15, -0.1) is 0 Å². The summed E-state index contributed by atoms with van der Waals surface area (Å²) < 4.78 is 1.55. The molecular weight excluding hydrogens is 323 g/mol. The van der Waals surface area contributed by atoms with Gasteiger partial charge in [0.2, 0.25) is 0 Å². The van der Waals surface area contributed by atoms with Crippen LogP contribution >= 0.6 is 23.2 Å². The molecule has 0 saturated heterocycles. The number of hydrogen-bond donors (Lipinski definition) is 1. The molecule has 0 atom stereocenters. The molecule has 0 radical (unpaired) electrons. The Labute approximate surface area is 136 Å². The maximum atomic E-state index is 12.3. The van der Waals surface area contributed by atoms with Crippen LogP contribution in [0.1, 0.15) is 10.4 Å². The van der Waals surface area contributed by atoms with Gasteiger partial charge in [0, 0.05) is 15.6 Å². The van der Waals surface area contributed by atoms with Gasteiger partial charge in [0.05, 0.1) is 11.4 Å². The minimum Gasteiger partial charge on any atom is -0.320 e. The third kappa shape index (κ3) is 3.10. The number of aromatic nitrogens is 3. The van der Waals surface area contributed by atoms with Crippen LogP contribution < -0.4 is 5.32 Å². The molecule has 5 nitrogen and oxygen atoms in total. The lowest BCUT2D eigenvalue weighted by Crippen LogP contribution is -2.14. The summed E-state index contributed by atoms with van der Waals surface area (Å²) in [7, 11) is 0. The summed E-state index contributed by atoms with van der Waals surface area (Å²) in [5.41, 5.74) is 1.65. The monoisotopic (exact) mass is 332 g/mol. The molecule has 0 saturated carbocycles. The topological polar surface area (TPSA) is 59.8 Å². The predicted octanol–water partition coefficient (Wildman–Crippen LogP) is 3.83. The van der Waals surface area contributed by atoms with Crippen molar-refractivity contribution in [2.75, 3.05) is 5.32 Å². The van der Waals surface area contributed by atoms with Crippen LogP contribution in [0.15, 0.2) is 55.1 Å². The minimum absolute atomic E-state index is 0.286. The van der Waals surface area contributed by atoms with Gasteiger partial charge in [-0.05, 0) is 36.4 Å². The maximum Gasteiger partial charge on any atom is 0.255 e. The Kier molecular flexibility index (Phi) is 4.09. The highest BCUT2D eigenvalue weighted by atomic mass is 35.5. The van der Waals surface area contributed by atoms with E-state index in [0.29, 0.717) is 27.0 Å². The Morgan fingerprint density at radius 3 is 2.64 bits per heavy atom. The van der Waals surface area contributed by atoms with E-state index in [1.54, 1.807) is 47.1 Å². The fourth-order valence-corrected chi connectivity index (χ4v) is 2.33. The summed E-state index contributed by atoms with van der Waals surface area (Å²) >= 11 is 11.9. The first-order valence-electron chi connectivity index (χ1n) is 6.35. The zero-order chi connectivity index (χ0) is 15.5. The average Bonchev–Trinajstić information content (AvgIpc) is 3.01. The van der Waals surface area contributed by atoms with Crippen LogP contribution in [-0.2, 0) is 0 Å². The van der Waals surface area contributed by atoms with Gasteiger partial charge in [-0.25, -0.2) is 9.67 Å². The number of rotatable bonds is 3. The summed E-state index contributed by atoms with van der Waals surface area (Å²) in [6.07, 6.45) is 2.95. The van der Waals surface area contributed by atoms with Gasteiger partial charge in [0.15, 0.2) is 0 Å². The zero-order valence-corrected chi connectivity index (χ0v) is 12.7.